The molecule has 0 aliphatic heterocycles. The van der Waals surface area contributed by atoms with E-state index in [1.807, 2.05) is 50.2 Å². The van der Waals surface area contributed by atoms with Crippen molar-refractivity contribution in [1.82, 2.24) is 10.2 Å². The molecule has 0 fully saturated rings. The SMILES string of the molecule is CC[C@H](C)NC(=O)[C@H](Cc1ccccc1)N(Cc1ccc(Cl)c(Cl)c1)C(=O)CCc1ccc(C(C)C)cc1. The zero-order valence-corrected chi connectivity index (χ0v) is 24.2. The Balaban J connectivity index is 1.91. The van der Waals surface area contributed by atoms with Gasteiger partial charge < -0.3 is 10.2 Å². The van der Waals surface area contributed by atoms with E-state index >= 15 is 0 Å². The normalized spacial score (nSPS) is 12.7. The molecule has 3 rings (SSSR count). The molecule has 2 amide bonds. The Labute approximate surface area is 237 Å². The van der Waals surface area contributed by atoms with Gasteiger partial charge in [-0.2, -0.15) is 0 Å². The molecule has 0 saturated carbocycles. The van der Waals surface area contributed by atoms with Gasteiger partial charge in [0.2, 0.25) is 11.8 Å². The molecule has 3 aromatic carbocycles. The molecule has 2 atom stereocenters. The average Bonchev–Trinajstić information content (AvgIpc) is 2.91. The monoisotopic (exact) mass is 552 g/mol. The van der Waals surface area contributed by atoms with Crippen molar-refractivity contribution in [2.45, 2.75) is 77.9 Å². The van der Waals surface area contributed by atoms with Crippen LogP contribution in [0.25, 0.3) is 0 Å². The second kappa shape index (κ2) is 14.4. The van der Waals surface area contributed by atoms with Crippen LogP contribution in [0.2, 0.25) is 10.0 Å². The van der Waals surface area contributed by atoms with Gasteiger partial charge in [-0.1, -0.05) is 105 Å². The van der Waals surface area contributed by atoms with Crippen molar-refractivity contribution in [3.8, 4) is 0 Å². The lowest BCUT2D eigenvalue weighted by Crippen LogP contribution is -2.52. The third-order valence-corrected chi connectivity index (χ3v) is 7.62. The number of amides is 2. The third-order valence-electron chi connectivity index (χ3n) is 6.88. The van der Waals surface area contributed by atoms with Crippen LogP contribution in [0.5, 0.6) is 0 Å². The molecule has 0 aromatic heterocycles. The zero-order chi connectivity index (χ0) is 27.7. The van der Waals surface area contributed by atoms with Gasteiger partial charge in [-0.05, 0) is 60.1 Å². The van der Waals surface area contributed by atoms with Crippen molar-refractivity contribution < 1.29 is 9.59 Å². The first-order valence-electron chi connectivity index (χ1n) is 13.3. The van der Waals surface area contributed by atoms with Crippen molar-refractivity contribution in [2.24, 2.45) is 0 Å². The highest BCUT2D eigenvalue weighted by atomic mass is 35.5. The first-order chi connectivity index (χ1) is 18.2. The minimum atomic E-state index is -0.670. The minimum absolute atomic E-state index is 0.00201. The van der Waals surface area contributed by atoms with Crippen molar-refractivity contribution in [2.75, 3.05) is 0 Å². The highest BCUT2D eigenvalue weighted by Gasteiger charge is 2.31. The third kappa shape index (κ3) is 8.61. The lowest BCUT2D eigenvalue weighted by Gasteiger charge is -2.32. The largest absolute Gasteiger partial charge is 0.352 e. The molecule has 0 saturated heterocycles. The van der Waals surface area contributed by atoms with Gasteiger partial charge in [-0.3, -0.25) is 9.59 Å². The molecule has 38 heavy (non-hydrogen) atoms. The predicted molar refractivity (Wildman–Crippen MR) is 158 cm³/mol. The molecule has 0 spiro atoms. The van der Waals surface area contributed by atoms with Crippen LogP contribution in [0.15, 0.2) is 72.8 Å². The second-order valence-electron chi connectivity index (χ2n) is 10.2. The second-order valence-corrected chi connectivity index (χ2v) is 11.0. The van der Waals surface area contributed by atoms with E-state index in [4.69, 9.17) is 23.2 Å². The van der Waals surface area contributed by atoms with E-state index in [9.17, 15) is 9.59 Å². The van der Waals surface area contributed by atoms with Crippen molar-refractivity contribution >= 4 is 35.0 Å². The molecule has 0 heterocycles. The molecular weight excluding hydrogens is 515 g/mol. The Morgan fingerprint density at radius 3 is 2.11 bits per heavy atom. The maximum Gasteiger partial charge on any atom is 0.243 e. The summed E-state index contributed by atoms with van der Waals surface area (Å²) in [6.45, 7) is 8.59. The zero-order valence-electron chi connectivity index (χ0n) is 22.7. The van der Waals surface area contributed by atoms with Crippen LogP contribution in [-0.4, -0.2) is 28.8 Å². The number of carbonyl (C=O) groups excluding carboxylic acids is 2. The topological polar surface area (TPSA) is 49.4 Å². The Hall–Kier alpha value is -2.82. The van der Waals surface area contributed by atoms with Crippen LogP contribution in [0, 0.1) is 0 Å². The lowest BCUT2D eigenvalue weighted by molar-refractivity contribution is -0.141. The number of carbonyl (C=O) groups is 2. The smallest absolute Gasteiger partial charge is 0.243 e. The first-order valence-corrected chi connectivity index (χ1v) is 14.1. The molecule has 202 valence electrons. The summed E-state index contributed by atoms with van der Waals surface area (Å²) >= 11 is 12.4. The molecule has 1 N–H and O–H groups in total. The predicted octanol–water partition coefficient (Wildman–Crippen LogP) is 7.60. The standard InChI is InChI=1S/C32H38Cl2N2O2/c1-5-23(4)35-32(38)30(20-25-9-7-6-8-10-25)36(21-26-13-17-28(33)29(34)19-26)31(37)18-14-24-11-15-27(16-12-24)22(2)3/h6-13,15-17,19,22-23,30H,5,14,18,20-21H2,1-4H3,(H,35,38)/t23-,30-/m0/s1. The molecule has 0 aliphatic rings. The molecule has 0 aliphatic carbocycles. The number of benzene rings is 3. The summed E-state index contributed by atoms with van der Waals surface area (Å²) in [5.74, 6) is 0.220. The van der Waals surface area contributed by atoms with Crippen LogP contribution >= 0.6 is 23.2 Å². The average molecular weight is 554 g/mol. The van der Waals surface area contributed by atoms with Gasteiger partial charge >= 0.3 is 0 Å². The fraction of sp³-hybridized carbons (Fsp3) is 0.375. The highest BCUT2D eigenvalue weighted by molar-refractivity contribution is 6.42. The van der Waals surface area contributed by atoms with Crippen LogP contribution in [0.3, 0.4) is 0 Å². The number of nitrogens with zero attached hydrogens (tertiary/aromatic N) is 1. The number of aryl methyl sites for hydroxylation is 1. The first kappa shape index (κ1) is 29.7. The van der Waals surface area contributed by atoms with E-state index in [1.54, 1.807) is 17.0 Å². The molecule has 6 heteroatoms. The molecule has 0 bridgehead atoms. The van der Waals surface area contributed by atoms with Gasteiger partial charge in [0.05, 0.1) is 10.0 Å². The summed E-state index contributed by atoms with van der Waals surface area (Å²) in [6.07, 6.45) is 2.11. The Kier molecular flexibility index (Phi) is 11.2. The van der Waals surface area contributed by atoms with E-state index in [1.165, 1.54) is 5.56 Å². The van der Waals surface area contributed by atoms with E-state index in [2.05, 4.69) is 43.4 Å². The molecule has 4 nitrogen and oxygen atoms in total. The fourth-order valence-corrected chi connectivity index (χ4v) is 4.61. The van der Waals surface area contributed by atoms with Crippen LogP contribution in [0.1, 0.15) is 68.7 Å². The van der Waals surface area contributed by atoms with E-state index in [-0.39, 0.29) is 24.4 Å². The van der Waals surface area contributed by atoms with Crippen LogP contribution in [-0.2, 0) is 29.0 Å². The fourth-order valence-electron chi connectivity index (χ4n) is 4.29. The summed E-state index contributed by atoms with van der Waals surface area (Å²) in [5.41, 5.74) is 4.18. The summed E-state index contributed by atoms with van der Waals surface area (Å²) in [5, 5.41) is 3.98. The van der Waals surface area contributed by atoms with Gasteiger partial charge in [0, 0.05) is 25.4 Å². The van der Waals surface area contributed by atoms with E-state index < -0.39 is 6.04 Å². The minimum Gasteiger partial charge on any atom is -0.352 e. The lowest BCUT2D eigenvalue weighted by atomic mass is 9.99. The Bertz CT molecular complexity index is 1200. The number of halogens is 2. The summed E-state index contributed by atoms with van der Waals surface area (Å²) in [4.78, 5) is 29.1. The number of rotatable bonds is 12. The number of hydrogen-bond acceptors (Lipinski definition) is 2. The highest BCUT2D eigenvalue weighted by Crippen LogP contribution is 2.25. The summed E-state index contributed by atoms with van der Waals surface area (Å²) < 4.78 is 0. The maximum atomic E-state index is 13.8. The molecule has 0 unspecified atom stereocenters. The maximum absolute atomic E-state index is 13.8. The quantitative estimate of drug-likeness (QED) is 0.251. The van der Waals surface area contributed by atoms with Gasteiger partial charge in [-0.25, -0.2) is 0 Å². The molecule has 3 aromatic rings. The van der Waals surface area contributed by atoms with Gasteiger partial charge in [0.1, 0.15) is 6.04 Å². The Morgan fingerprint density at radius 2 is 1.50 bits per heavy atom. The van der Waals surface area contributed by atoms with Gasteiger partial charge in [0.15, 0.2) is 0 Å². The van der Waals surface area contributed by atoms with Crippen molar-refractivity contribution in [1.29, 1.82) is 0 Å². The van der Waals surface area contributed by atoms with E-state index in [0.29, 0.717) is 35.2 Å². The van der Waals surface area contributed by atoms with Gasteiger partial charge in [0.25, 0.3) is 0 Å². The summed E-state index contributed by atoms with van der Waals surface area (Å²) in [7, 11) is 0. The van der Waals surface area contributed by atoms with Crippen molar-refractivity contribution in [3.05, 3.63) is 105 Å². The van der Waals surface area contributed by atoms with Crippen LogP contribution < -0.4 is 5.32 Å². The number of nitrogens with one attached hydrogen (secondary N) is 1. The van der Waals surface area contributed by atoms with Crippen molar-refractivity contribution in [3.63, 3.8) is 0 Å². The van der Waals surface area contributed by atoms with E-state index in [0.717, 1.165) is 23.1 Å². The molecule has 0 radical (unpaired) electrons. The summed E-state index contributed by atoms with van der Waals surface area (Å²) in [6, 6.07) is 22.9. The van der Waals surface area contributed by atoms with Gasteiger partial charge in [-0.15, -0.1) is 0 Å². The Morgan fingerprint density at radius 1 is 0.842 bits per heavy atom. The molecular formula is C32H38Cl2N2O2. The van der Waals surface area contributed by atoms with Crippen LogP contribution in [0.4, 0.5) is 0 Å². The number of hydrogen-bond donors (Lipinski definition) is 1.